The lowest BCUT2D eigenvalue weighted by molar-refractivity contribution is -0.150. The number of oxazole rings is 1. The molecule has 8 aliphatic heterocycles. The number of amides is 1. The zero-order chi connectivity index (χ0) is 94.1. The number of aromatic nitrogens is 11. The Morgan fingerprint density at radius 1 is 0.429 bits per heavy atom. The van der Waals surface area contributed by atoms with Gasteiger partial charge in [0.25, 0.3) is 6.01 Å². The Bertz CT molecular complexity index is 6750. The number of thiazole rings is 2. The van der Waals surface area contributed by atoms with Crippen LogP contribution in [0.3, 0.4) is 0 Å². The Kier molecular flexibility index (Phi) is 21.0. The van der Waals surface area contributed by atoms with Crippen molar-refractivity contribution in [2.45, 2.75) is 265 Å². The fraction of sp³-hybridized carbons (Fsp3) is 0.474. The molecule has 12 saturated carbocycles. The zero-order valence-corrected chi connectivity index (χ0v) is 81.0. The van der Waals surface area contributed by atoms with Crippen LogP contribution < -0.4 is 15.5 Å². The van der Waals surface area contributed by atoms with Gasteiger partial charge in [-0.15, -0.1) is 0 Å². The van der Waals surface area contributed by atoms with E-state index in [1.54, 1.807) is 59.9 Å². The number of nitrogens with one attached hydrogen (secondary N) is 2. The first-order valence-corrected chi connectivity index (χ1v) is 53.3. The summed E-state index contributed by atoms with van der Waals surface area (Å²) in [6.07, 6.45) is 39.1. The minimum Gasteiger partial charge on any atom is -0.444 e. The van der Waals surface area contributed by atoms with Crippen LogP contribution >= 0.6 is 22.7 Å². The molecule has 15 heterocycles. The molecule has 12 aliphatic carbocycles. The third-order valence-electron chi connectivity index (χ3n) is 37.3. The third-order valence-corrected chi connectivity index (χ3v) is 39.2. The van der Waals surface area contributed by atoms with E-state index in [0.29, 0.717) is 89.7 Å². The van der Waals surface area contributed by atoms with Crippen LogP contribution in [0.1, 0.15) is 221 Å². The molecule has 140 heavy (non-hydrogen) atoms. The average Bonchev–Trinajstić information content (AvgIpc) is 1.66. The highest BCUT2D eigenvalue weighted by Crippen LogP contribution is 2.68. The van der Waals surface area contributed by atoms with Crippen molar-refractivity contribution in [3.05, 3.63) is 254 Å². The summed E-state index contributed by atoms with van der Waals surface area (Å²) in [5, 5.41) is 57.1. The summed E-state index contributed by atoms with van der Waals surface area (Å²) in [4.78, 5) is 49.2. The second-order valence-electron chi connectivity index (χ2n) is 46.3. The molecule has 720 valence electrons. The van der Waals surface area contributed by atoms with Crippen molar-refractivity contribution in [2.24, 2.45) is 69.0 Å². The van der Waals surface area contributed by atoms with Crippen molar-refractivity contribution in [1.29, 1.82) is 0 Å². The van der Waals surface area contributed by atoms with Crippen LogP contribution in [0.4, 0.5) is 29.9 Å². The van der Waals surface area contributed by atoms with Gasteiger partial charge in [0.15, 0.2) is 16.0 Å². The van der Waals surface area contributed by atoms with Crippen LogP contribution in [0.5, 0.6) is 0 Å². The summed E-state index contributed by atoms with van der Waals surface area (Å²) in [6, 6.07) is 57.0. The monoisotopic (exact) mass is 1910 g/mol. The molecule has 16 bridgehead atoms. The second kappa shape index (κ2) is 33.4. The molecule has 22 nitrogen and oxygen atoms in total. The van der Waals surface area contributed by atoms with Crippen LogP contribution in [0.15, 0.2) is 225 Å². The van der Waals surface area contributed by atoms with E-state index in [2.05, 4.69) is 147 Å². The number of benzene rings is 7. The van der Waals surface area contributed by atoms with Crippen LogP contribution in [0.2, 0.25) is 0 Å². The Hall–Kier alpha value is -11.3. The van der Waals surface area contributed by atoms with Crippen LogP contribution in [0, 0.1) is 80.6 Å². The number of aliphatic hydroxyl groups excluding tert-OH is 4. The molecule has 26 heteroatoms. The lowest BCUT2D eigenvalue weighted by Gasteiger charge is -2.62. The average molecular weight is 1920 g/mol. The lowest BCUT2D eigenvalue weighted by Crippen LogP contribution is -2.66. The predicted molar refractivity (Wildman–Crippen MR) is 537 cm³/mol. The summed E-state index contributed by atoms with van der Waals surface area (Å²) in [6.45, 7) is 5.70. The van der Waals surface area contributed by atoms with Crippen LogP contribution in [-0.4, -0.2) is 151 Å². The number of hydrogen-bond donors (Lipinski definition) is 6. The highest BCUT2D eigenvalue weighted by Gasteiger charge is 2.64. The molecule has 4 saturated heterocycles. The molecule has 16 fully saturated rings. The van der Waals surface area contributed by atoms with Gasteiger partial charge in [-0.2, -0.15) is 0 Å². The van der Waals surface area contributed by atoms with Gasteiger partial charge in [0.1, 0.15) is 17.2 Å². The molecule has 0 radical (unpaired) electrons. The standard InChI is InChI=1S/C30H29FN4O2.2C29H30N4OS.C26H32FN3O3/c31-23-8-4-7-22-25-15-32-17-34(25)24(28(22)23)11-27(36)30-12-18-9-20(13-30)35(21(10-18)14-30)29-33-16-26(37-29)19-5-2-1-3-6-19;2*34-26(11-23-20-5-1-2-6-21(20)24-15-30-16-33(23)24)29-12-17-9-18(13-29)27(19(10-17)14-29)32-28-31-22-7-3-4-8-25(22)35-28;1-25(2,3)33-24(32)30-16-7-15-8-17(30)12-26(10-15,11-16)22(31)9-20-23-18(5-4-6-19(23)27)21-13-28-14-29(20)21/h1-8,15-18,20-21,24,27,36H,9-14H2;2*1-8,15-19,23,26-27,34H,9-14H2,(H,31,32);4-6,13-17,20,22,31H,7-12H2,1-3H3/t;17?,18?,19?,23-,26+,27?,29?;;/m.0../s1. The number of piperidine rings is 4. The molecular weight excluding hydrogens is 1790 g/mol. The van der Waals surface area contributed by atoms with Crippen molar-refractivity contribution in [3.8, 4) is 56.4 Å². The minimum absolute atomic E-state index is 0.0561. The number of anilines is 3. The highest BCUT2D eigenvalue weighted by molar-refractivity contribution is 7.22. The highest BCUT2D eigenvalue weighted by atomic mass is 32.1. The van der Waals surface area contributed by atoms with Gasteiger partial charge in [-0.25, -0.2) is 48.5 Å². The molecular formula is C114H121F2N15O7S2. The van der Waals surface area contributed by atoms with Gasteiger partial charge in [0.05, 0.1) is 148 Å². The molecule has 20 aliphatic rings. The Labute approximate surface area is 821 Å². The number of carbonyl (C=O) groups excluding carboxylic acids is 1. The predicted octanol–water partition coefficient (Wildman–Crippen LogP) is 23.0. The van der Waals surface area contributed by atoms with Crippen molar-refractivity contribution < 1.29 is 43.2 Å². The number of rotatable bonds is 18. The number of ether oxygens (including phenoxy) is 1. The van der Waals surface area contributed by atoms with Gasteiger partial charge in [0, 0.05) is 86.0 Å². The molecule has 0 spiro atoms. The first-order valence-electron chi connectivity index (χ1n) is 51.7. The number of imidazole rings is 4. The molecule has 1 amide bonds. The Morgan fingerprint density at radius 3 is 1.23 bits per heavy atom. The van der Waals surface area contributed by atoms with Crippen molar-refractivity contribution in [1.82, 2.24) is 58.1 Å². The van der Waals surface area contributed by atoms with Crippen molar-refractivity contribution in [3.63, 3.8) is 0 Å². The fourth-order valence-electron chi connectivity index (χ4n) is 32.5. The molecule has 7 aromatic carbocycles. The molecule has 7 aromatic heterocycles. The van der Waals surface area contributed by atoms with Gasteiger partial charge in [-0.1, -0.05) is 150 Å². The molecule has 6 N–H and O–H groups in total. The summed E-state index contributed by atoms with van der Waals surface area (Å²) in [5.74, 6) is 5.51. The second-order valence-corrected chi connectivity index (χ2v) is 48.3. The Morgan fingerprint density at radius 2 is 0.793 bits per heavy atom. The first kappa shape index (κ1) is 87.7. The van der Waals surface area contributed by atoms with Gasteiger partial charge >= 0.3 is 6.09 Å². The normalized spacial score (nSPS) is 32.1. The number of halogens is 2. The minimum atomic E-state index is -0.572. The maximum atomic E-state index is 15.0. The summed E-state index contributed by atoms with van der Waals surface area (Å²) in [7, 11) is 0. The number of nitrogens with zero attached hydrogens (tertiary/aromatic N) is 13. The SMILES string of the molecule is CC(C)(C)OC(=O)N1C2CC3CC1CC(C(O)CC1c4c(F)cccc4-c4cncn41)(C3)C2.OC(CC1c2c(F)cccc2-c2cncn21)C12CC3CC(C1)N(c1ncc(-c4ccccc4)o1)C(C3)C2.OC(CC1c2ccccc2-c2cncn21)C12CC3CC(C1)C(Nc1nc4ccccc4s1)C(C3)C2.O[C@H](C[C@H]1c2ccccc2-c2cncn21)C12CC3CC(C1)C(Nc1nc4ccccc4s1)C(C3)C2. The third kappa shape index (κ3) is 14.6. The molecule has 14 unspecified atom stereocenters. The number of fused-ring (bicyclic) bond motifs is 14. The van der Waals surface area contributed by atoms with E-state index in [-0.39, 0.29) is 87.8 Å². The zero-order valence-electron chi connectivity index (χ0n) is 79.4. The quantitative estimate of drug-likeness (QED) is 0.0466. The topological polar surface area (TPSA) is 261 Å². The number of para-hydroxylation sites is 2. The number of aliphatic hydroxyl groups is 4. The van der Waals surface area contributed by atoms with E-state index < -0.39 is 17.8 Å². The maximum Gasteiger partial charge on any atom is 0.410 e. The van der Waals surface area contributed by atoms with E-state index in [1.165, 1.54) is 93.7 Å². The first-order chi connectivity index (χ1) is 68.1. The van der Waals surface area contributed by atoms with E-state index in [9.17, 15) is 29.6 Å². The lowest BCUT2D eigenvalue weighted by atomic mass is 9.46. The van der Waals surface area contributed by atoms with E-state index in [4.69, 9.17) is 19.1 Å². The van der Waals surface area contributed by atoms with Gasteiger partial charge in [0.2, 0.25) is 0 Å². The largest absolute Gasteiger partial charge is 0.444 e. The Balaban J connectivity index is 0.0000000938. The fourth-order valence-corrected chi connectivity index (χ4v) is 34.3. The van der Waals surface area contributed by atoms with Crippen LogP contribution in [0.25, 0.3) is 76.8 Å². The number of hydrogen-bond acceptors (Lipinski definition) is 19. The molecule has 14 aromatic rings. The van der Waals surface area contributed by atoms with Crippen molar-refractivity contribution >= 4 is 65.5 Å². The summed E-state index contributed by atoms with van der Waals surface area (Å²) >= 11 is 3.55. The maximum absolute atomic E-state index is 15.0. The molecule has 16 atom stereocenters. The number of carbonyl (C=O) groups is 1. The van der Waals surface area contributed by atoms with E-state index >= 15 is 4.39 Å². The van der Waals surface area contributed by atoms with Crippen molar-refractivity contribution in [2.75, 3.05) is 15.5 Å². The van der Waals surface area contributed by atoms with Gasteiger partial charge < -0.3 is 68.3 Å². The van der Waals surface area contributed by atoms with Gasteiger partial charge in [-0.3, -0.25) is 0 Å². The molecule has 34 rings (SSSR count). The summed E-state index contributed by atoms with van der Waals surface area (Å²) in [5.41, 5.74) is 14.9. The van der Waals surface area contributed by atoms with Crippen LogP contribution in [-0.2, 0) is 4.74 Å². The smallest absolute Gasteiger partial charge is 0.410 e. The van der Waals surface area contributed by atoms with E-state index in [0.717, 1.165) is 170 Å². The van der Waals surface area contributed by atoms with Gasteiger partial charge in [-0.05, 0) is 281 Å². The van der Waals surface area contributed by atoms with E-state index in [1.807, 2.05) is 109 Å². The summed E-state index contributed by atoms with van der Waals surface area (Å²) < 4.78 is 53.0.